The van der Waals surface area contributed by atoms with Crippen LogP contribution in [0.15, 0.2) is 47.3 Å². The van der Waals surface area contributed by atoms with Crippen molar-refractivity contribution in [2.75, 3.05) is 6.54 Å². The van der Waals surface area contributed by atoms with E-state index in [1.54, 1.807) is 0 Å². The molecule has 0 saturated carbocycles. The Bertz CT molecular complexity index is 1090. The van der Waals surface area contributed by atoms with Gasteiger partial charge in [0, 0.05) is 36.5 Å². The van der Waals surface area contributed by atoms with Gasteiger partial charge in [0.05, 0.1) is 17.0 Å². The number of aromatic nitrogens is 3. The van der Waals surface area contributed by atoms with Crippen molar-refractivity contribution < 1.29 is 13.2 Å². The standard InChI is InChI=1S/C21H19F3N4O/c1-13-3-2-4-16(25-13)11-28-10-9-17-18(12-28)26-19(27-20(17)29)14-5-7-15(8-6-14)21(22,23)24/h2-8H,9-12H2,1H3,(H,26,27,29). The molecule has 0 saturated heterocycles. The zero-order valence-corrected chi connectivity index (χ0v) is 15.8. The molecule has 5 nitrogen and oxygen atoms in total. The molecule has 0 aliphatic carbocycles. The van der Waals surface area contributed by atoms with Gasteiger partial charge in [-0.2, -0.15) is 13.2 Å². The molecule has 0 atom stereocenters. The van der Waals surface area contributed by atoms with Crippen LogP contribution in [-0.4, -0.2) is 26.4 Å². The summed E-state index contributed by atoms with van der Waals surface area (Å²) in [5, 5.41) is 0. The maximum absolute atomic E-state index is 12.8. The number of hydrogen-bond donors (Lipinski definition) is 1. The third kappa shape index (κ3) is 4.22. The minimum absolute atomic E-state index is 0.238. The van der Waals surface area contributed by atoms with Gasteiger partial charge in [-0.3, -0.25) is 14.7 Å². The summed E-state index contributed by atoms with van der Waals surface area (Å²) in [5.74, 6) is 0.276. The van der Waals surface area contributed by atoms with Gasteiger partial charge in [-0.05, 0) is 37.6 Å². The summed E-state index contributed by atoms with van der Waals surface area (Å²) < 4.78 is 38.3. The second kappa shape index (κ2) is 7.44. The summed E-state index contributed by atoms with van der Waals surface area (Å²) in [6, 6.07) is 10.5. The van der Waals surface area contributed by atoms with Gasteiger partial charge in [0.15, 0.2) is 0 Å². The second-order valence-corrected chi connectivity index (χ2v) is 7.15. The quantitative estimate of drug-likeness (QED) is 0.728. The SMILES string of the molecule is Cc1cccc(CN2CCc3c(nc(-c4ccc(C(F)(F)F)cc4)[nH]c3=O)C2)n1. The van der Waals surface area contributed by atoms with Crippen LogP contribution in [-0.2, 0) is 25.7 Å². The minimum atomic E-state index is -4.40. The number of nitrogens with one attached hydrogen (secondary N) is 1. The highest BCUT2D eigenvalue weighted by Crippen LogP contribution is 2.30. The molecule has 1 N–H and O–H groups in total. The average molecular weight is 400 g/mol. The number of aromatic amines is 1. The minimum Gasteiger partial charge on any atom is -0.306 e. The van der Waals surface area contributed by atoms with Crippen LogP contribution in [0.4, 0.5) is 13.2 Å². The molecule has 0 spiro atoms. The Morgan fingerprint density at radius 1 is 1.10 bits per heavy atom. The van der Waals surface area contributed by atoms with Crippen molar-refractivity contribution in [2.24, 2.45) is 0 Å². The van der Waals surface area contributed by atoms with Crippen LogP contribution in [0, 0.1) is 6.92 Å². The first-order valence-corrected chi connectivity index (χ1v) is 9.24. The Morgan fingerprint density at radius 3 is 2.55 bits per heavy atom. The molecule has 1 aromatic carbocycles. The first-order chi connectivity index (χ1) is 13.8. The van der Waals surface area contributed by atoms with Crippen LogP contribution in [0.1, 0.15) is 28.2 Å². The van der Waals surface area contributed by atoms with E-state index in [9.17, 15) is 18.0 Å². The van der Waals surface area contributed by atoms with Crippen molar-refractivity contribution in [1.29, 1.82) is 0 Å². The van der Waals surface area contributed by atoms with Gasteiger partial charge in [-0.1, -0.05) is 18.2 Å². The number of aryl methyl sites for hydroxylation is 1. The second-order valence-electron chi connectivity index (χ2n) is 7.15. The van der Waals surface area contributed by atoms with Crippen molar-refractivity contribution in [3.8, 4) is 11.4 Å². The Balaban J connectivity index is 1.59. The first kappa shape index (κ1) is 19.3. The van der Waals surface area contributed by atoms with E-state index in [1.807, 2.05) is 25.1 Å². The van der Waals surface area contributed by atoms with Crippen LogP contribution in [0.5, 0.6) is 0 Å². The van der Waals surface area contributed by atoms with Gasteiger partial charge in [0.1, 0.15) is 5.82 Å². The summed E-state index contributed by atoms with van der Waals surface area (Å²) in [6.07, 6.45) is -3.84. The highest BCUT2D eigenvalue weighted by atomic mass is 19.4. The van der Waals surface area contributed by atoms with Gasteiger partial charge in [0.25, 0.3) is 5.56 Å². The Kier molecular flexibility index (Phi) is 4.96. The predicted octanol–water partition coefficient (Wildman–Crippen LogP) is 3.72. The van der Waals surface area contributed by atoms with Crippen molar-refractivity contribution in [2.45, 2.75) is 32.6 Å². The molecule has 3 heterocycles. The van der Waals surface area contributed by atoms with E-state index in [4.69, 9.17) is 0 Å². The molecular weight excluding hydrogens is 381 g/mol. The van der Waals surface area contributed by atoms with E-state index in [0.29, 0.717) is 42.9 Å². The third-order valence-corrected chi connectivity index (χ3v) is 4.97. The first-order valence-electron chi connectivity index (χ1n) is 9.24. The summed E-state index contributed by atoms with van der Waals surface area (Å²) in [7, 11) is 0. The van der Waals surface area contributed by atoms with E-state index in [2.05, 4.69) is 19.9 Å². The van der Waals surface area contributed by atoms with Crippen LogP contribution >= 0.6 is 0 Å². The van der Waals surface area contributed by atoms with Gasteiger partial charge in [-0.15, -0.1) is 0 Å². The largest absolute Gasteiger partial charge is 0.416 e. The highest BCUT2D eigenvalue weighted by molar-refractivity contribution is 5.56. The summed E-state index contributed by atoms with van der Waals surface area (Å²) in [6.45, 7) is 3.78. The normalized spacial score (nSPS) is 14.6. The fraction of sp³-hybridized carbons (Fsp3) is 0.286. The summed E-state index contributed by atoms with van der Waals surface area (Å²) in [5.41, 5.74) is 2.64. The van der Waals surface area contributed by atoms with E-state index in [1.165, 1.54) is 12.1 Å². The lowest BCUT2D eigenvalue weighted by atomic mass is 10.1. The van der Waals surface area contributed by atoms with Crippen LogP contribution in [0.2, 0.25) is 0 Å². The zero-order chi connectivity index (χ0) is 20.6. The van der Waals surface area contributed by atoms with Crippen molar-refractivity contribution >= 4 is 0 Å². The van der Waals surface area contributed by atoms with Gasteiger partial charge in [0.2, 0.25) is 0 Å². The summed E-state index contributed by atoms with van der Waals surface area (Å²) >= 11 is 0. The Hall–Kier alpha value is -3.00. The highest BCUT2D eigenvalue weighted by Gasteiger charge is 2.30. The number of hydrogen-bond acceptors (Lipinski definition) is 4. The van der Waals surface area contributed by atoms with E-state index < -0.39 is 11.7 Å². The topological polar surface area (TPSA) is 61.9 Å². The number of nitrogens with zero attached hydrogens (tertiary/aromatic N) is 3. The van der Waals surface area contributed by atoms with E-state index in [-0.39, 0.29) is 11.4 Å². The lowest BCUT2D eigenvalue weighted by Gasteiger charge is -2.27. The van der Waals surface area contributed by atoms with Gasteiger partial charge in [-0.25, -0.2) is 4.98 Å². The van der Waals surface area contributed by atoms with E-state index >= 15 is 0 Å². The molecule has 1 aliphatic heterocycles. The maximum Gasteiger partial charge on any atom is 0.416 e. The van der Waals surface area contributed by atoms with Crippen LogP contribution in [0.25, 0.3) is 11.4 Å². The molecule has 2 aromatic heterocycles. The van der Waals surface area contributed by atoms with Crippen LogP contribution < -0.4 is 5.56 Å². The maximum atomic E-state index is 12.8. The van der Waals surface area contributed by atoms with Crippen LogP contribution in [0.3, 0.4) is 0 Å². The van der Waals surface area contributed by atoms with Crippen molar-refractivity contribution in [3.63, 3.8) is 0 Å². The lowest BCUT2D eigenvalue weighted by molar-refractivity contribution is -0.137. The van der Waals surface area contributed by atoms with Gasteiger partial charge >= 0.3 is 6.18 Å². The molecule has 0 bridgehead atoms. The number of halogens is 3. The fourth-order valence-electron chi connectivity index (χ4n) is 3.50. The van der Waals surface area contributed by atoms with Gasteiger partial charge < -0.3 is 4.98 Å². The number of alkyl halides is 3. The lowest BCUT2D eigenvalue weighted by Crippen LogP contribution is -2.35. The fourth-order valence-corrected chi connectivity index (χ4v) is 3.50. The smallest absolute Gasteiger partial charge is 0.306 e. The molecule has 0 amide bonds. The Morgan fingerprint density at radius 2 is 1.86 bits per heavy atom. The van der Waals surface area contributed by atoms with Crippen molar-refractivity contribution in [1.82, 2.24) is 19.9 Å². The molecule has 29 heavy (non-hydrogen) atoms. The molecule has 150 valence electrons. The molecular formula is C21H19F3N4O. The average Bonchev–Trinajstić information content (AvgIpc) is 2.67. The summed E-state index contributed by atoms with van der Waals surface area (Å²) in [4.78, 5) is 26.4. The van der Waals surface area contributed by atoms with Crippen molar-refractivity contribution in [3.05, 3.63) is 81.0 Å². The number of benzene rings is 1. The monoisotopic (exact) mass is 400 g/mol. The number of fused-ring (bicyclic) bond motifs is 1. The predicted molar refractivity (Wildman–Crippen MR) is 102 cm³/mol. The molecule has 8 heteroatoms. The number of H-pyrrole nitrogens is 1. The molecule has 0 radical (unpaired) electrons. The third-order valence-electron chi connectivity index (χ3n) is 4.97. The van der Waals surface area contributed by atoms with E-state index in [0.717, 1.165) is 23.5 Å². The number of pyridine rings is 1. The molecule has 0 fully saturated rings. The molecule has 3 aromatic rings. The molecule has 1 aliphatic rings. The number of rotatable bonds is 3. The molecule has 4 rings (SSSR count). The Labute approximate surface area is 165 Å². The molecule has 0 unspecified atom stereocenters. The zero-order valence-electron chi connectivity index (χ0n) is 15.8.